The van der Waals surface area contributed by atoms with E-state index in [2.05, 4.69) is 33.0 Å². The molecule has 0 unspecified atom stereocenters. The van der Waals surface area contributed by atoms with Gasteiger partial charge in [-0.1, -0.05) is 13.8 Å². The van der Waals surface area contributed by atoms with Gasteiger partial charge in [0, 0.05) is 19.1 Å². The zero-order chi connectivity index (χ0) is 11.4. The summed E-state index contributed by atoms with van der Waals surface area (Å²) in [5.74, 6) is 1.10. The van der Waals surface area contributed by atoms with Crippen molar-refractivity contribution in [2.75, 3.05) is 19.6 Å². The number of rotatable bonds is 4. The van der Waals surface area contributed by atoms with Crippen molar-refractivity contribution in [3.05, 3.63) is 0 Å². The molecule has 0 aromatic carbocycles. The lowest BCUT2D eigenvalue weighted by Crippen LogP contribution is -2.43. The van der Waals surface area contributed by atoms with Crippen LogP contribution in [0.3, 0.4) is 0 Å². The van der Waals surface area contributed by atoms with Crippen LogP contribution in [0.25, 0.3) is 0 Å². The summed E-state index contributed by atoms with van der Waals surface area (Å²) in [5, 5.41) is 3.25. The summed E-state index contributed by atoms with van der Waals surface area (Å²) >= 11 is 0. The lowest BCUT2D eigenvalue weighted by molar-refractivity contribution is -0.137. The van der Waals surface area contributed by atoms with Crippen molar-refractivity contribution in [2.24, 2.45) is 11.8 Å². The lowest BCUT2D eigenvalue weighted by atomic mass is 10.0. The maximum atomic E-state index is 12.2. The van der Waals surface area contributed by atoms with Gasteiger partial charge in [-0.2, -0.15) is 0 Å². The first-order chi connectivity index (χ1) is 7.02. The molecule has 0 spiro atoms. The molecule has 0 aliphatic carbocycles. The molecule has 0 radical (unpaired) electrons. The maximum Gasteiger partial charge on any atom is 0.227 e. The van der Waals surface area contributed by atoms with Crippen LogP contribution in [-0.2, 0) is 4.79 Å². The molecule has 1 aliphatic rings. The Morgan fingerprint density at radius 3 is 2.38 bits per heavy atom. The lowest BCUT2D eigenvalue weighted by Gasteiger charge is -2.30. The molecule has 1 N–H and O–H groups in total. The predicted molar refractivity (Wildman–Crippen MR) is 69.9 cm³/mol. The first kappa shape index (κ1) is 15.7. The van der Waals surface area contributed by atoms with Crippen molar-refractivity contribution < 1.29 is 4.79 Å². The van der Waals surface area contributed by atoms with Crippen molar-refractivity contribution >= 4 is 18.3 Å². The minimum atomic E-state index is 0. The second-order valence-electron chi connectivity index (χ2n) is 5.17. The summed E-state index contributed by atoms with van der Waals surface area (Å²) in [5.41, 5.74) is 0. The van der Waals surface area contributed by atoms with Gasteiger partial charge in [0.2, 0.25) is 5.91 Å². The number of carbonyl (C=O) groups is 1. The van der Waals surface area contributed by atoms with Gasteiger partial charge in [0.25, 0.3) is 0 Å². The third-order valence-electron chi connectivity index (χ3n) is 2.88. The molecule has 0 bridgehead atoms. The summed E-state index contributed by atoms with van der Waals surface area (Å²) in [6.07, 6.45) is 1.00. The first-order valence-electron chi connectivity index (χ1n) is 6.03. The Morgan fingerprint density at radius 2 is 2.00 bits per heavy atom. The van der Waals surface area contributed by atoms with Gasteiger partial charge in [-0.05, 0) is 32.7 Å². The average Bonchev–Trinajstić information content (AvgIpc) is 2.65. The molecule has 3 nitrogen and oxygen atoms in total. The molecule has 1 fully saturated rings. The van der Waals surface area contributed by atoms with Crippen LogP contribution in [-0.4, -0.2) is 36.5 Å². The van der Waals surface area contributed by atoms with Crippen LogP contribution in [0.2, 0.25) is 0 Å². The van der Waals surface area contributed by atoms with Crippen LogP contribution >= 0.6 is 12.4 Å². The monoisotopic (exact) mass is 248 g/mol. The Hall–Kier alpha value is -0.280. The zero-order valence-electron chi connectivity index (χ0n) is 10.8. The van der Waals surface area contributed by atoms with Gasteiger partial charge in [0.15, 0.2) is 0 Å². The van der Waals surface area contributed by atoms with Gasteiger partial charge in [-0.3, -0.25) is 4.79 Å². The van der Waals surface area contributed by atoms with Crippen LogP contribution < -0.4 is 5.32 Å². The van der Waals surface area contributed by atoms with Gasteiger partial charge in [0.05, 0.1) is 5.92 Å². The predicted octanol–water partition coefficient (Wildman–Crippen LogP) is 1.91. The quantitative estimate of drug-likeness (QED) is 0.825. The highest BCUT2D eigenvalue weighted by molar-refractivity contribution is 5.85. The van der Waals surface area contributed by atoms with E-state index in [9.17, 15) is 4.79 Å². The van der Waals surface area contributed by atoms with E-state index in [4.69, 9.17) is 0 Å². The van der Waals surface area contributed by atoms with Gasteiger partial charge in [-0.15, -0.1) is 12.4 Å². The van der Waals surface area contributed by atoms with Crippen LogP contribution in [0, 0.1) is 11.8 Å². The molecule has 1 rings (SSSR count). The van der Waals surface area contributed by atoms with E-state index in [1.807, 2.05) is 4.90 Å². The highest BCUT2D eigenvalue weighted by Crippen LogP contribution is 2.15. The number of halogens is 1. The van der Waals surface area contributed by atoms with E-state index in [1.165, 1.54) is 0 Å². The fourth-order valence-corrected chi connectivity index (χ4v) is 2.05. The summed E-state index contributed by atoms with van der Waals surface area (Å²) in [6, 6.07) is 0.320. The van der Waals surface area contributed by atoms with Gasteiger partial charge >= 0.3 is 0 Å². The van der Waals surface area contributed by atoms with E-state index in [-0.39, 0.29) is 18.3 Å². The van der Waals surface area contributed by atoms with E-state index in [0.29, 0.717) is 17.9 Å². The number of hydrogen-bond acceptors (Lipinski definition) is 2. The SMILES string of the molecule is CC(C)CN(C(=O)[C@@H]1CCNC1)C(C)C.Cl. The Morgan fingerprint density at radius 1 is 1.38 bits per heavy atom. The molecular formula is C12H25ClN2O. The molecule has 96 valence electrons. The molecule has 0 saturated carbocycles. The summed E-state index contributed by atoms with van der Waals surface area (Å²) in [4.78, 5) is 14.2. The topological polar surface area (TPSA) is 32.3 Å². The number of nitrogens with zero attached hydrogens (tertiary/aromatic N) is 1. The van der Waals surface area contributed by atoms with E-state index in [1.54, 1.807) is 0 Å². The zero-order valence-corrected chi connectivity index (χ0v) is 11.6. The minimum absolute atomic E-state index is 0. The van der Waals surface area contributed by atoms with Crippen molar-refractivity contribution in [3.8, 4) is 0 Å². The summed E-state index contributed by atoms with van der Waals surface area (Å²) in [6.45, 7) is 11.3. The fraction of sp³-hybridized carbons (Fsp3) is 0.917. The second kappa shape index (κ2) is 7.13. The minimum Gasteiger partial charge on any atom is -0.340 e. The number of nitrogens with one attached hydrogen (secondary N) is 1. The third-order valence-corrected chi connectivity index (χ3v) is 2.88. The standard InChI is InChI=1S/C12H24N2O.ClH/c1-9(2)8-14(10(3)4)12(15)11-5-6-13-7-11;/h9-11,13H,5-8H2,1-4H3;1H/t11-;/m1./s1. The van der Waals surface area contributed by atoms with E-state index >= 15 is 0 Å². The van der Waals surface area contributed by atoms with Gasteiger partial charge in [-0.25, -0.2) is 0 Å². The largest absolute Gasteiger partial charge is 0.340 e. The second-order valence-corrected chi connectivity index (χ2v) is 5.17. The number of hydrogen-bond donors (Lipinski definition) is 1. The van der Waals surface area contributed by atoms with Crippen LogP contribution in [0.4, 0.5) is 0 Å². The molecule has 4 heteroatoms. The van der Waals surface area contributed by atoms with Crippen LogP contribution in [0.15, 0.2) is 0 Å². The molecule has 1 amide bonds. The van der Waals surface area contributed by atoms with Gasteiger partial charge in [0.1, 0.15) is 0 Å². The summed E-state index contributed by atoms with van der Waals surface area (Å²) < 4.78 is 0. The third kappa shape index (κ3) is 4.30. The molecule has 0 aromatic rings. The molecule has 16 heavy (non-hydrogen) atoms. The molecule has 1 atom stereocenters. The number of amides is 1. The van der Waals surface area contributed by atoms with Crippen LogP contribution in [0.1, 0.15) is 34.1 Å². The normalized spacial score (nSPS) is 20.0. The fourth-order valence-electron chi connectivity index (χ4n) is 2.05. The Bertz CT molecular complexity index is 213. The highest BCUT2D eigenvalue weighted by Gasteiger charge is 2.28. The molecule has 0 aromatic heterocycles. The smallest absolute Gasteiger partial charge is 0.227 e. The molecule has 1 heterocycles. The Labute approximate surface area is 105 Å². The number of carbonyl (C=O) groups excluding carboxylic acids is 1. The van der Waals surface area contributed by atoms with Crippen molar-refractivity contribution in [3.63, 3.8) is 0 Å². The molecule has 1 aliphatic heterocycles. The van der Waals surface area contributed by atoms with Crippen molar-refractivity contribution in [1.29, 1.82) is 0 Å². The van der Waals surface area contributed by atoms with Gasteiger partial charge < -0.3 is 10.2 Å². The van der Waals surface area contributed by atoms with E-state index in [0.717, 1.165) is 26.1 Å². The van der Waals surface area contributed by atoms with Crippen molar-refractivity contribution in [1.82, 2.24) is 10.2 Å². The average molecular weight is 249 g/mol. The maximum absolute atomic E-state index is 12.2. The van der Waals surface area contributed by atoms with E-state index < -0.39 is 0 Å². The molecular weight excluding hydrogens is 224 g/mol. The van der Waals surface area contributed by atoms with Crippen molar-refractivity contribution in [2.45, 2.75) is 40.2 Å². The molecule has 1 saturated heterocycles. The first-order valence-corrected chi connectivity index (χ1v) is 6.03. The highest BCUT2D eigenvalue weighted by atomic mass is 35.5. The van der Waals surface area contributed by atoms with Crippen LogP contribution in [0.5, 0.6) is 0 Å². The summed E-state index contributed by atoms with van der Waals surface area (Å²) in [7, 11) is 0. The Balaban J connectivity index is 0.00000225. The Kier molecular flexibility index (Phi) is 7.00.